The van der Waals surface area contributed by atoms with Crippen LogP contribution in [0.25, 0.3) is 0 Å². The minimum absolute atomic E-state index is 0.0151. The Balaban J connectivity index is 1.55. The Hall–Kier alpha value is -1.28. The van der Waals surface area contributed by atoms with Gasteiger partial charge in [0, 0.05) is 17.9 Å². The van der Waals surface area contributed by atoms with E-state index in [1.165, 1.54) is 0 Å². The average molecular weight is 395 g/mol. The van der Waals surface area contributed by atoms with Crippen molar-refractivity contribution in [1.29, 1.82) is 0 Å². The van der Waals surface area contributed by atoms with Crippen molar-refractivity contribution in [1.82, 2.24) is 10.2 Å². The van der Waals surface area contributed by atoms with E-state index in [1.54, 1.807) is 16.7 Å². The third-order valence-electron chi connectivity index (χ3n) is 4.98. The van der Waals surface area contributed by atoms with Crippen LogP contribution >= 0.6 is 11.8 Å². The summed E-state index contributed by atoms with van der Waals surface area (Å²) in [7, 11) is 0. The van der Waals surface area contributed by atoms with E-state index in [0.29, 0.717) is 13.2 Å². The fourth-order valence-electron chi connectivity index (χ4n) is 3.69. The molecule has 0 saturated carbocycles. The first-order chi connectivity index (χ1) is 12.8. The minimum atomic E-state index is -0.956. The van der Waals surface area contributed by atoms with Crippen molar-refractivity contribution in [3.05, 3.63) is 30.3 Å². The molecule has 2 saturated heterocycles. The van der Waals surface area contributed by atoms with Gasteiger partial charge in [-0.2, -0.15) is 0 Å². The quantitative estimate of drug-likeness (QED) is 0.494. The van der Waals surface area contributed by atoms with E-state index in [4.69, 9.17) is 9.47 Å². The molecule has 0 aromatic heterocycles. The summed E-state index contributed by atoms with van der Waals surface area (Å²) in [5, 5.41) is 13.8. The van der Waals surface area contributed by atoms with E-state index in [0.717, 1.165) is 12.2 Å². The van der Waals surface area contributed by atoms with Crippen LogP contribution in [0.4, 0.5) is 0 Å². The maximum atomic E-state index is 12.7. The fraction of sp³-hybridized carbons (Fsp3) is 0.650. The second-order valence-corrected chi connectivity index (χ2v) is 9.46. The van der Waals surface area contributed by atoms with E-state index in [9.17, 15) is 9.90 Å². The predicted octanol–water partition coefficient (Wildman–Crippen LogP) is 2.22. The first-order valence-corrected chi connectivity index (χ1v) is 10.5. The highest BCUT2D eigenvalue weighted by molar-refractivity contribution is 8.01. The number of β-lactam (4-membered cyclic amide) rings is 1. The molecule has 2 heterocycles. The number of para-hydroxylation sites is 1. The summed E-state index contributed by atoms with van der Waals surface area (Å²) in [4.78, 5) is 14.5. The van der Waals surface area contributed by atoms with Crippen LogP contribution in [0, 0.1) is 0 Å². The number of ether oxygens (including phenoxy) is 2. The van der Waals surface area contributed by atoms with Gasteiger partial charge in [-0.25, -0.2) is 0 Å². The number of rotatable bonds is 9. The second kappa shape index (κ2) is 8.39. The topological polar surface area (TPSA) is 71.0 Å². The average Bonchev–Trinajstić information content (AvgIpc) is 2.88. The van der Waals surface area contributed by atoms with Crippen LogP contribution in [0.1, 0.15) is 34.1 Å². The highest BCUT2D eigenvalue weighted by atomic mass is 32.2. The van der Waals surface area contributed by atoms with E-state index in [1.807, 2.05) is 44.2 Å². The second-order valence-electron chi connectivity index (χ2n) is 7.69. The van der Waals surface area contributed by atoms with E-state index >= 15 is 0 Å². The normalized spacial score (nSPS) is 28.4. The molecule has 0 aliphatic carbocycles. The number of nitrogens with zero attached hydrogens (tertiary/aromatic N) is 1. The number of fused-ring (bicyclic) bond motifs is 1. The molecule has 150 valence electrons. The first-order valence-electron chi connectivity index (χ1n) is 9.60. The number of aliphatic hydroxyl groups is 1. The van der Waals surface area contributed by atoms with Crippen molar-refractivity contribution in [2.45, 2.75) is 68.7 Å². The highest BCUT2D eigenvalue weighted by Gasteiger charge is 2.63. The Kier molecular flexibility index (Phi) is 6.35. The lowest BCUT2D eigenvalue weighted by Gasteiger charge is -2.46. The largest absolute Gasteiger partial charge is 0.489 e. The van der Waals surface area contributed by atoms with Crippen molar-refractivity contribution >= 4 is 17.7 Å². The van der Waals surface area contributed by atoms with Crippen LogP contribution in [0.3, 0.4) is 0 Å². The van der Waals surface area contributed by atoms with Gasteiger partial charge in [-0.3, -0.25) is 10.1 Å². The van der Waals surface area contributed by atoms with Crippen LogP contribution in [0.5, 0.6) is 5.75 Å². The number of carbonyl (C=O) groups is 1. The van der Waals surface area contributed by atoms with Crippen LogP contribution in [-0.4, -0.2) is 63.7 Å². The molecule has 2 N–H and O–H groups in total. The Morgan fingerprint density at radius 1 is 1.33 bits per heavy atom. The first kappa shape index (κ1) is 20.5. The van der Waals surface area contributed by atoms with Gasteiger partial charge < -0.3 is 19.5 Å². The lowest BCUT2D eigenvalue weighted by Crippen LogP contribution is -2.71. The Morgan fingerprint density at radius 2 is 2.04 bits per heavy atom. The number of nitrogens with one attached hydrogen (secondary N) is 1. The number of amides is 1. The zero-order valence-corrected chi connectivity index (χ0v) is 17.2. The molecule has 7 heteroatoms. The minimum Gasteiger partial charge on any atom is -0.489 e. The van der Waals surface area contributed by atoms with Crippen molar-refractivity contribution < 1.29 is 19.4 Å². The summed E-state index contributed by atoms with van der Waals surface area (Å²) < 4.78 is 11.1. The van der Waals surface area contributed by atoms with Crippen molar-refractivity contribution in [3.63, 3.8) is 0 Å². The molecule has 1 amide bonds. The molecular formula is C20H30N2O4S. The fourth-order valence-corrected chi connectivity index (χ4v) is 5.38. The lowest BCUT2D eigenvalue weighted by atomic mass is 9.95. The Labute approximate surface area is 165 Å². The molecule has 0 radical (unpaired) electrons. The summed E-state index contributed by atoms with van der Waals surface area (Å²) in [6, 6.07) is 9.08. The van der Waals surface area contributed by atoms with Crippen LogP contribution in [0.2, 0.25) is 0 Å². The van der Waals surface area contributed by atoms with Crippen molar-refractivity contribution in [2.75, 3.05) is 13.2 Å². The molecule has 3 rings (SSSR count). The smallest absolute Gasteiger partial charge is 0.244 e. The van der Waals surface area contributed by atoms with Gasteiger partial charge in [0.1, 0.15) is 23.3 Å². The Bertz CT molecular complexity index is 642. The predicted molar refractivity (Wildman–Crippen MR) is 107 cm³/mol. The van der Waals surface area contributed by atoms with Gasteiger partial charge in [-0.1, -0.05) is 25.1 Å². The number of benzene rings is 1. The van der Waals surface area contributed by atoms with Gasteiger partial charge >= 0.3 is 0 Å². The third-order valence-corrected chi connectivity index (χ3v) is 6.57. The molecule has 2 fully saturated rings. The Morgan fingerprint density at radius 3 is 2.70 bits per heavy atom. The number of carbonyl (C=O) groups excluding carboxylic acids is 1. The molecule has 5 unspecified atom stereocenters. The molecular weight excluding hydrogens is 364 g/mol. The van der Waals surface area contributed by atoms with Crippen molar-refractivity contribution in [3.8, 4) is 5.75 Å². The SMILES string of the molecule is CCCOC(O)C1N2C(=O)C(NCC(C)Oc3ccccc3)C2SC1(C)C. The van der Waals surface area contributed by atoms with Crippen LogP contribution < -0.4 is 10.1 Å². The molecule has 1 aromatic rings. The van der Waals surface area contributed by atoms with E-state index in [-0.39, 0.29) is 34.2 Å². The summed E-state index contributed by atoms with van der Waals surface area (Å²) in [5.74, 6) is 0.843. The molecule has 0 spiro atoms. The van der Waals surface area contributed by atoms with Crippen molar-refractivity contribution in [2.24, 2.45) is 0 Å². The molecule has 27 heavy (non-hydrogen) atoms. The summed E-state index contributed by atoms with van der Waals surface area (Å²) in [6.45, 7) is 9.17. The molecule has 0 bridgehead atoms. The maximum Gasteiger partial charge on any atom is 0.244 e. The van der Waals surface area contributed by atoms with Crippen LogP contribution in [0.15, 0.2) is 30.3 Å². The van der Waals surface area contributed by atoms with Gasteiger partial charge in [0.15, 0.2) is 6.29 Å². The number of hydrogen-bond donors (Lipinski definition) is 2. The van der Waals surface area contributed by atoms with Gasteiger partial charge in [0.05, 0.1) is 6.04 Å². The third kappa shape index (κ3) is 4.26. The molecule has 2 aliphatic rings. The van der Waals surface area contributed by atoms with Gasteiger partial charge in [-0.15, -0.1) is 11.8 Å². The molecule has 1 aromatic carbocycles. The number of thioether (sulfide) groups is 1. The standard InChI is InChI=1S/C20H30N2O4S/c1-5-11-25-19(24)16-20(3,4)27-18-15(17(23)22(16)18)21-12-13(2)26-14-9-7-6-8-10-14/h6-10,13,15-16,18-19,21,24H,5,11-12H2,1-4H3. The highest BCUT2D eigenvalue weighted by Crippen LogP contribution is 2.51. The molecule has 6 nitrogen and oxygen atoms in total. The van der Waals surface area contributed by atoms with Gasteiger partial charge in [0.2, 0.25) is 5.91 Å². The van der Waals surface area contributed by atoms with Gasteiger partial charge in [-0.05, 0) is 39.3 Å². The summed E-state index contributed by atoms with van der Waals surface area (Å²) in [5.41, 5.74) is 0. The zero-order valence-electron chi connectivity index (χ0n) is 16.4. The van der Waals surface area contributed by atoms with Crippen LogP contribution in [-0.2, 0) is 9.53 Å². The molecule has 2 aliphatic heterocycles. The lowest BCUT2D eigenvalue weighted by molar-refractivity contribution is -0.178. The summed E-state index contributed by atoms with van der Waals surface area (Å²) in [6.07, 6.45) is -0.177. The maximum absolute atomic E-state index is 12.7. The number of hydrogen-bond acceptors (Lipinski definition) is 6. The van der Waals surface area contributed by atoms with E-state index < -0.39 is 6.29 Å². The summed E-state index contributed by atoms with van der Waals surface area (Å²) >= 11 is 1.72. The zero-order chi connectivity index (χ0) is 19.6. The molecule has 5 atom stereocenters. The van der Waals surface area contributed by atoms with E-state index in [2.05, 4.69) is 19.2 Å². The number of aliphatic hydroxyl groups excluding tert-OH is 1. The monoisotopic (exact) mass is 394 g/mol. The van der Waals surface area contributed by atoms with Gasteiger partial charge in [0.25, 0.3) is 0 Å².